The first-order valence-electron chi connectivity index (χ1n) is 7.43. The molecule has 0 amide bonds. The lowest BCUT2D eigenvalue weighted by atomic mass is 9.94. The lowest BCUT2D eigenvalue weighted by Gasteiger charge is -2.31. The molecule has 2 unspecified atom stereocenters. The van der Waals surface area contributed by atoms with Crippen LogP contribution in [-0.2, 0) is 0 Å². The summed E-state index contributed by atoms with van der Waals surface area (Å²) in [7, 11) is 2.25. The maximum Gasteiger partial charge on any atom is 0.0784 e. The molecule has 0 spiro atoms. The van der Waals surface area contributed by atoms with Gasteiger partial charge in [-0.1, -0.05) is 13.3 Å². The summed E-state index contributed by atoms with van der Waals surface area (Å²) in [6.07, 6.45) is 4.14. The molecular formula is C14H30N3+. The Balaban J connectivity index is 1.76. The zero-order chi connectivity index (χ0) is 12.3. The van der Waals surface area contributed by atoms with Crippen LogP contribution in [0.5, 0.6) is 0 Å². The minimum Gasteiger partial charge on any atom is -0.357 e. The zero-order valence-electron chi connectivity index (χ0n) is 11.7. The third-order valence-electron chi connectivity index (χ3n) is 4.90. The van der Waals surface area contributed by atoms with Crippen LogP contribution in [0.2, 0.25) is 0 Å². The van der Waals surface area contributed by atoms with Crippen LogP contribution in [0.3, 0.4) is 0 Å². The summed E-state index contributed by atoms with van der Waals surface area (Å²) >= 11 is 0. The van der Waals surface area contributed by atoms with Gasteiger partial charge in [0.15, 0.2) is 0 Å². The summed E-state index contributed by atoms with van der Waals surface area (Å²) in [6.45, 7) is 10.1. The molecule has 2 saturated heterocycles. The van der Waals surface area contributed by atoms with Gasteiger partial charge in [0.05, 0.1) is 6.54 Å². The fraction of sp³-hybridized carbons (Fsp3) is 1.00. The summed E-state index contributed by atoms with van der Waals surface area (Å²) in [4.78, 5) is 5.19. The summed E-state index contributed by atoms with van der Waals surface area (Å²) in [5.41, 5.74) is 4.12. The van der Waals surface area contributed by atoms with Crippen LogP contribution < -0.4 is 5.73 Å². The fourth-order valence-electron chi connectivity index (χ4n) is 3.58. The molecule has 2 rings (SSSR count). The van der Waals surface area contributed by atoms with Gasteiger partial charge in [-0.25, -0.2) is 0 Å². The number of piperidine rings is 1. The predicted octanol–water partition coefficient (Wildman–Crippen LogP) is 0.528. The summed E-state index contributed by atoms with van der Waals surface area (Å²) in [5.74, 6) is 2.73. The molecule has 3 heteroatoms. The molecule has 0 aromatic heterocycles. The quantitative estimate of drug-likeness (QED) is 0.778. The zero-order valence-corrected chi connectivity index (χ0v) is 11.7. The average Bonchev–Trinajstić information content (AvgIpc) is 2.74. The smallest absolute Gasteiger partial charge is 0.0784 e. The van der Waals surface area contributed by atoms with Crippen molar-refractivity contribution in [1.29, 1.82) is 0 Å². The van der Waals surface area contributed by atoms with Gasteiger partial charge in [0.2, 0.25) is 0 Å². The number of hydrogen-bond donors (Lipinski definition) is 1. The van der Waals surface area contributed by atoms with Crippen molar-refractivity contribution in [3.8, 4) is 0 Å². The van der Waals surface area contributed by atoms with E-state index in [0.29, 0.717) is 0 Å². The Kier molecular flexibility index (Phi) is 4.83. The maximum absolute atomic E-state index is 4.12. The van der Waals surface area contributed by atoms with Crippen molar-refractivity contribution in [2.24, 2.45) is 17.8 Å². The van der Waals surface area contributed by atoms with Crippen molar-refractivity contribution in [3.05, 3.63) is 0 Å². The van der Waals surface area contributed by atoms with Crippen molar-refractivity contribution in [2.75, 3.05) is 46.3 Å². The Morgan fingerprint density at radius 1 is 1.12 bits per heavy atom. The van der Waals surface area contributed by atoms with E-state index < -0.39 is 0 Å². The van der Waals surface area contributed by atoms with E-state index in [1.807, 2.05) is 0 Å². The van der Waals surface area contributed by atoms with E-state index in [-0.39, 0.29) is 0 Å². The standard InChI is InChI=1S/C14H29N3/c1-3-13-10-17(11-14(13)8-15)9-12-4-6-16(2)7-5-12/h12-14H,3-11,15H2,1-2H3/p+1. The molecule has 2 fully saturated rings. The van der Waals surface area contributed by atoms with Crippen molar-refractivity contribution in [3.63, 3.8) is 0 Å². The monoisotopic (exact) mass is 240 g/mol. The van der Waals surface area contributed by atoms with Crippen LogP contribution in [-0.4, -0.2) is 56.1 Å². The van der Waals surface area contributed by atoms with Gasteiger partial charge in [-0.15, -0.1) is 0 Å². The van der Waals surface area contributed by atoms with Crippen molar-refractivity contribution in [1.82, 2.24) is 9.80 Å². The Labute approximate surface area is 106 Å². The van der Waals surface area contributed by atoms with Gasteiger partial charge >= 0.3 is 0 Å². The van der Waals surface area contributed by atoms with Crippen LogP contribution >= 0.6 is 0 Å². The third kappa shape index (κ3) is 3.43. The van der Waals surface area contributed by atoms with E-state index in [1.165, 1.54) is 52.0 Å². The molecule has 0 aromatic carbocycles. The second kappa shape index (κ2) is 6.17. The first-order chi connectivity index (χ1) is 8.22. The highest BCUT2D eigenvalue weighted by Gasteiger charge is 2.33. The Morgan fingerprint density at radius 3 is 2.29 bits per heavy atom. The highest BCUT2D eigenvalue weighted by Crippen LogP contribution is 2.27. The summed E-state index contributed by atoms with van der Waals surface area (Å²) in [5, 5.41) is 0. The molecular weight excluding hydrogens is 210 g/mol. The van der Waals surface area contributed by atoms with Crippen LogP contribution in [0, 0.1) is 17.8 Å². The van der Waals surface area contributed by atoms with Gasteiger partial charge < -0.3 is 15.5 Å². The van der Waals surface area contributed by atoms with Gasteiger partial charge in [0.25, 0.3) is 0 Å². The molecule has 2 heterocycles. The Morgan fingerprint density at radius 2 is 1.76 bits per heavy atom. The maximum atomic E-state index is 4.12. The lowest BCUT2D eigenvalue weighted by Crippen LogP contribution is -2.55. The average molecular weight is 240 g/mol. The van der Waals surface area contributed by atoms with Gasteiger partial charge in [0.1, 0.15) is 0 Å². The van der Waals surface area contributed by atoms with E-state index in [2.05, 4.69) is 29.5 Å². The van der Waals surface area contributed by atoms with E-state index in [1.54, 1.807) is 0 Å². The van der Waals surface area contributed by atoms with Crippen LogP contribution in [0.4, 0.5) is 0 Å². The second-order valence-electron chi connectivity index (χ2n) is 6.18. The molecule has 2 aliphatic rings. The molecule has 0 aliphatic carbocycles. The van der Waals surface area contributed by atoms with Gasteiger partial charge in [-0.05, 0) is 44.8 Å². The van der Waals surface area contributed by atoms with Crippen molar-refractivity contribution in [2.45, 2.75) is 26.2 Å². The largest absolute Gasteiger partial charge is 0.357 e. The third-order valence-corrected chi connectivity index (χ3v) is 4.90. The molecule has 0 bridgehead atoms. The number of quaternary nitrogens is 1. The van der Waals surface area contributed by atoms with E-state index in [4.69, 9.17) is 0 Å². The van der Waals surface area contributed by atoms with Crippen LogP contribution in [0.15, 0.2) is 0 Å². The lowest BCUT2D eigenvalue weighted by molar-refractivity contribution is -0.380. The van der Waals surface area contributed by atoms with E-state index in [0.717, 1.165) is 24.3 Å². The van der Waals surface area contributed by atoms with Gasteiger partial charge in [-0.2, -0.15) is 0 Å². The summed E-state index contributed by atoms with van der Waals surface area (Å²) in [6, 6.07) is 0. The minimum absolute atomic E-state index is 0.867. The van der Waals surface area contributed by atoms with Crippen LogP contribution in [0.1, 0.15) is 26.2 Å². The highest BCUT2D eigenvalue weighted by molar-refractivity contribution is 4.84. The van der Waals surface area contributed by atoms with Crippen LogP contribution in [0.25, 0.3) is 0 Å². The van der Waals surface area contributed by atoms with Crippen molar-refractivity contribution < 1.29 is 5.73 Å². The van der Waals surface area contributed by atoms with Gasteiger partial charge in [-0.3, -0.25) is 0 Å². The molecule has 2 atom stereocenters. The molecule has 100 valence electrons. The van der Waals surface area contributed by atoms with E-state index >= 15 is 0 Å². The first kappa shape index (κ1) is 13.3. The topological polar surface area (TPSA) is 34.1 Å². The molecule has 17 heavy (non-hydrogen) atoms. The number of hydrogen-bond acceptors (Lipinski definition) is 2. The Bertz CT molecular complexity index is 212. The molecule has 0 aromatic rings. The highest BCUT2D eigenvalue weighted by atomic mass is 15.2. The Hall–Kier alpha value is -0.120. The molecule has 3 nitrogen and oxygen atoms in total. The fourth-order valence-corrected chi connectivity index (χ4v) is 3.58. The predicted molar refractivity (Wildman–Crippen MR) is 71.7 cm³/mol. The normalized spacial score (nSPS) is 33.4. The number of rotatable bonds is 4. The minimum atomic E-state index is 0.867. The SMILES string of the molecule is CCC1CN(CC2CCN(C)CC2)CC1C[NH3+]. The number of likely N-dealkylation sites (tertiary alicyclic amines) is 2. The molecule has 3 N–H and O–H groups in total. The van der Waals surface area contributed by atoms with Crippen molar-refractivity contribution >= 4 is 0 Å². The molecule has 0 radical (unpaired) electrons. The van der Waals surface area contributed by atoms with Gasteiger partial charge in [0, 0.05) is 25.6 Å². The number of nitrogens with zero attached hydrogens (tertiary/aromatic N) is 2. The second-order valence-corrected chi connectivity index (χ2v) is 6.18. The first-order valence-corrected chi connectivity index (χ1v) is 7.43. The summed E-state index contributed by atoms with van der Waals surface area (Å²) < 4.78 is 0. The molecule has 0 saturated carbocycles. The molecule has 2 aliphatic heterocycles. The van der Waals surface area contributed by atoms with E-state index in [9.17, 15) is 0 Å².